The zero-order valence-corrected chi connectivity index (χ0v) is 12.6. The van der Waals surface area contributed by atoms with Crippen LogP contribution in [0.3, 0.4) is 0 Å². The smallest absolute Gasteiger partial charge is 0.167 e. The summed E-state index contributed by atoms with van der Waals surface area (Å²) in [6.07, 6.45) is 8.50. The Morgan fingerprint density at radius 1 is 1.15 bits per heavy atom. The van der Waals surface area contributed by atoms with E-state index in [0.29, 0.717) is 0 Å². The molecule has 1 atom stereocenters. The Kier molecular flexibility index (Phi) is 2.92. The summed E-state index contributed by atoms with van der Waals surface area (Å²) in [6, 6.07) is 0.0254. The molecule has 4 aliphatic rings. The van der Waals surface area contributed by atoms with E-state index in [0.717, 1.165) is 47.7 Å². The minimum Gasteiger partial charge on any atom is -0.321 e. The van der Waals surface area contributed by atoms with Crippen LogP contribution in [0.5, 0.6) is 0 Å². The summed E-state index contributed by atoms with van der Waals surface area (Å²) in [4.78, 5) is 4.52. The molecule has 0 aromatic carbocycles. The number of rotatable bonds is 3. The molecule has 1 aromatic heterocycles. The molecular formula is C16H26N4. The van der Waals surface area contributed by atoms with Crippen molar-refractivity contribution in [3.05, 3.63) is 11.6 Å². The van der Waals surface area contributed by atoms with Crippen LogP contribution in [0.2, 0.25) is 0 Å². The van der Waals surface area contributed by atoms with Crippen molar-refractivity contribution < 1.29 is 0 Å². The molecule has 1 unspecified atom stereocenters. The van der Waals surface area contributed by atoms with Crippen LogP contribution in [0.15, 0.2) is 0 Å². The van der Waals surface area contributed by atoms with Crippen LogP contribution in [0.4, 0.5) is 0 Å². The molecule has 1 heterocycles. The van der Waals surface area contributed by atoms with Crippen molar-refractivity contribution in [1.29, 1.82) is 0 Å². The third kappa shape index (κ3) is 2.00. The standard InChI is InChI=1S/C16H26N4/c1-9-18-16(19-20(9)2)15(17)8-14-12-4-10-3-11(6-12)7-13(14)5-10/h10-15H,3-8,17H2,1-2H3. The quantitative estimate of drug-likeness (QED) is 0.921. The monoisotopic (exact) mass is 274 g/mol. The number of hydrogen-bond acceptors (Lipinski definition) is 3. The Morgan fingerprint density at radius 2 is 1.75 bits per heavy atom. The summed E-state index contributed by atoms with van der Waals surface area (Å²) >= 11 is 0. The van der Waals surface area contributed by atoms with E-state index in [1.807, 2.05) is 18.7 Å². The second kappa shape index (κ2) is 4.55. The third-order valence-electron chi connectivity index (χ3n) is 6.28. The van der Waals surface area contributed by atoms with Gasteiger partial charge < -0.3 is 5.73 Å². The lowest BCUT2D eigenvalue weighted by Gasteiger charge is -2.55. The van der Waals surface area contributed by atoms with Gasteiger partial charge in [-0.25, -0.2) is 4.98 Å². The lowest BCUT2D eigenvalue weighted by molar-refractivity contribution is -0.0423. The van der Waals surface area contributed by atoms with Crippen molar-refractivity contribution in [2.75, 3.05) is 0 Å². The van der Waals surface area contributed by atoms with Crippen LogP contribution < -0.4 is 5.73 Å². The first-order valence-corrected chi connectivity index (χ1v) is 8.23. The topological polar surface area (TPSA) is 56.7 Å². The molecule has 0 radical (unpaired) electrons. The fourth-order valence-corrected chi connectivity index (χ4v) is 5.47. The van der Waals surface area contributed by atoms with Crippen molar-refractivity contribution in [3.8, 4) is 0 Å². The fourth-order valence-electron chi connectivity index (χ4n) is 5.47. The van der Waals surface area contributed by atoms with Gasteiger partial charge in [0.1, 0.15) is 5.82 Å². The molecule has 0 aliphatic heterocycles. The van der Waals surface area contributed by atoms with Gasteiger partial charge >= 0.3 is 0 Å². The Labute approximate surface area is 121 Å². The molecule has 4 saturated carbocycles. The van der Waals surface area contributed by atoms with Crippen LogP contribution >= 0.6 is 0 Å². The van der Waals surface area contributed by atoms with E-state index in [1.54, 1.807) is 0 Å². The van der Waals surface area contributed by atoms with Crippen LogP contribution in [0, 0.1) is 36.5 Å². The van der Waals surface area contributed by atoms with Gasteiger partial charge in [-0.2, -0.15) is 5.10 Å². The molecule has 0 saturated heterocycles. The minimum absolute atomic E-state index is 0.0254. The summed E-state index contributed by atoms with van der Waals surface area (Å²) in [5.74, 6) is 6.62. The number of nitrogens with zero attached hydrogens (tertiary/aromatic N) is 3. The molecule has 4 heteroatoms. The minimum atomic E-state index is 0.0254. The van der Waals surface area contributed by atoms with E-state index < -0.39 is 0 Å². The lowest BCUT2D eigenvalue weighted by atomic mass is 9.51. The summed E-state index contributed by atoms with van der Waals surface area (Å²) in [7, 11) is 1.95. The van der Waals surface area contributed by atoms with Gasteiger partial charge in [0, 0.05) is 7.05 Å². The first-order valence-electron chi connectivity index (χ1n) is 8.23. The van der Waals surface area contributed by atoms with Gasteiger partial charge in [-0.1, -0.05) is 0 Å². The molecule has 4 bridgehead atoms. The largest absolute Gasteiger partial charge is 0.321 e. The van der Waals surface area contributed by atoms with E-state index in [1.165, 1.54) is 32.1 Å². The van der Waals surface area contributed by atoms with Crippen molar-refractivity contribution >= 4 is 0 Å². The molecule has 110 valence electrons. The van der Waals surface area contributed by atoms with Crippen molar-refractivity contribution in [2.24, 2.45) is 42.4 Å². The van der Waals surface area contributed by atoms with E-state index >= 15 is 0 Å². The highest BCUT2D eigenvalue weighted by atomic mass is 15.3. The lowest BCUT2D eigenvalue weighted by Crippen LogP contribution is -2.45. The van der Waals surface area contributed by atoms with E-state index in [2.05, 4.69) is 10.1 Å². The summed E-state index contributed by atoms with van der Waals surface area (Å²) in [5.41, 5.74) is 6.42. The molecule has 20 heavy (non-hydrogen) atoms. The molecule has 2 N–H and O–H groups in total. The predicted molar refractivity (Wildman–Crippen MR) is 77.8 cm³/mol. The molecule has 4 nitrogen and oxygen atoms in total. The highest BCUT2D eigenvalue weighted by Crippen LogP contribution is 2.57. The van der Waals surface area contributed by atoms with Crippen molar-refractivity contribution in [2.45, 2.75) is 51.5 Å². The number of aryl methyl sites for hydroxylation is 2. The number of aromatic nitrogens is 3. The van der Waals surface area contributed by atoms with Gasteiger partial charge in [0.15, 0.2) is 5.82 Å². The average molecular weight is 274 g/mol. The summed E-state index contributed by atoms with van der Waals surface area (Å²) in [6.45, 7) is 1.99. The Balaban J connectivity index is 1.48. The van der Waals surface area contributed by atoms with Gasteiger partial charge in [-0.3, -0.25) is 4.68 Å². The molecule has 1 aromatic rings. The van der Waals surface area contributed by atoms with Crippen molar-refractivity contribution in [3.63, 3.8) is 0 Å². The Morgan fingerprint density at radius 3 is 2.25 bits per heavy atom. The molecule has 4 aliphatic carbocycles. The SMILES string of the molecule is Cc1nc(C(N)CC2C3CC4CC(C3)CC2C4)nn1C. The third-order valence-corrected chi connectivity index (χ3v) is 6.28. The first kappa shape index (κ1) is 12.8. The first-order chi connectivity index (χ1) is 9.60. The second-order valence-electron chi connectivity index (χ2n) is 7.58. The van der Waals surface area contributed by atoms with Crippen LogP contribution in [-0.2, 0) is 7.05 Å². The zero-order valence-electron chi connectivity index (χ0n) is 12.6. The van der Waals surface area contributed by atoms with Gasteiger partial charge in [0.05, 0.1) is 6.04 Å². The van der Waals surface area contributed by atoms with E-state index in [9.17, 15) is 0 Å². The average Bonchev–Trinajstić information content (AvgIpc) is 2.73. The van der Waals surface area contributed by atoms with Gasteiger partial charge in [0.2, 0.25) is 0 Å². The second-order valence-corrected chi connectivity index (χ2v) is 7.58. The maximum Gasteiger partial charge on any atom is 0.167 e. The van der Waals surface area contributed by atoms with Gasteiger partial charge in [-0.05, 0) is 75.0 Å². The molecule has 5 rings (SSSR count). The van der Waals surface area contributed by atoms with Crippen LogP contribution in [0.1, 0.15) is 56.2 Å². The number of hydrogen-bond donors (Lipinski definition) is 1. The molecule has 0 amide bonds. The molecule has 0 spiro atoms. The van der Waals surface area contributed by atoms with E-state index in [-0.39, 0.29) is 6.04 Å². The number of nitrogens with two attached hydrogens (primary N) is 1. The highest BCUT2D eigenvalue weighted by Gasteiger charge is 2.48. The van der Waals surface area contributed by atoms with Crippen LogP contribution in [0.25, 0.3) is 0 Å². The Hall–Kier alpha value is -0.900. The normalized spacial score (nSPS) is 40.2. The van der Waals surface area contributed by atoms with Gasteiger partial charge in [0.25, 0.3) is 0 Å². The maximum absolute atomic E-state index is 6.42. The molecular weight excluding hydrogens is 248 g/mol. The van der Waals surface area contributed by atoms with E-state index in [4.69, 9.17) is 5.73 Å². The summed E-state index contributed by atoms with van der Waals surface area (Å²) in [5, 5.41) is 4.47. The van der Waals surface area contributed by atoms with Crippen LogP contribution in [-0.4, -0.2) is 14.8 Å². The predicted octanol–water partition coefficient (Wildman–Crippen LogP) is 2.59. The Bertz CT molecular complexity index is 459. The highest BCUT2D eigenvalue weighted by molar-refractivity contribution is 5.02. The van der Waals surface area contributed by atoms with Gasteiger partial charge in [-0.15, -0.1) is 0 Å². The maximum atomic E-state index is 6.42. The van der Waals surface area contributed by atoms with Crippen molar-refractivity contribution in [1.82, 2.24) is 14.8 Å². The zero-order chi connectivity index (χ0) is 13.9. The molecule has 4 fully saturated rings. The summed E-state index contributed by atoms with van der Waals surface area (Å²) < 4.78 is 1.84. The fraction of sp³-hybridized carbons (Fsp3) is 0.875.